The van der Waals surface area contributed by atoms with Crippen LogP contribution >= 0.6 is 0 Å². The van der Waals surface area contributed by atoms with Crippen LogP contribution < -0.4 is 5.32 Å². The van der Waals surface area contributed by atoms with Crippen molar-refractivity contribution in [2.75, 3.05) is 5.32 Å². The third kappa shape index (κ3) is 2.56. The molecule has 1 N–H and O–H groups in total. The fourth-order valence-corrected chi connectivity index (χ4v) is 2.29. The van der Waals surface area contributed by atoms with Gasteiger partial charge >= 0.3 is 0 Å². The lowest BCUT2D eigenvalue weighted by Crippen LogP contribution is -2.17. The van der Waals surface area contributed by atoms with Crippen LogP contribution in [0.4, 0.5) is 11.5 Å². The van der Waals surface area contributed by atoms with Gasteiger partial charge in [0, 0.05) is 12.1 Å². The first-order valence-corrected chi connectivity index (χ1v) is 5.91. The summed E-state index contributed by atoms with van der Waals surface area (Å²) in [6.45, 7) is 2.19. The van der Waals surface area contributed by atoms with Crippen molar-refractivity contribution in [2.24, 2.45) is 5.92 Å². The van der Waals surface area contributed by atoms with Gasteiger partial charge in [-0.1, -0.05) is 6.92 Å². The van der Waals surface area contributed by atoms with Gasteiger partial charge in [0.25, 0.3) is 5.69 Å². The number of nitriles is 1. The van der Waals surface area contributed by atoms with Crippen molar-refractivity contribution in [1.82, 2.24) is 4.98 Å². The van der Waals surface area contributed by atoms with Crippen molar-refractivity contribution in [3.63, 3.8) is 0 Å². The molecule has 0 bridgehead atoms. The van der Waals surface area contributed by atoms with Gasteiger partial charge in [-0.3, -0.25) is 10.1 Å². The van der Waals surface area contributed by atoms with E-state index in [0.29, 0.717) is 17.8 Å². The zero-order chi connectivity index (χ0) is 13.1. The highest BCUT2D eigenvalue weighted by Crippen LogP contribution is 2.28. The van der Waals surface area contributed by atoms with E-state index < -0.39 is 4.92 Å². The van der Waals surface area contributed by atoms with Crippen molar-refractivity contribution < 1.29 is 4.92 Å². The zero-order valence-corrected chi connectivity index (χ0v) is 10.1. The van der Waals surface area contributed by atoms with E-state index in [1.807, 2.05) is 6.07 Å². The van der Waals surface area contributed by atoms with Gasteiger partial charge in [0.2, 0.25) is 0 Å². The lowest BCUT2D eigenvalue weighted by atomic mass is 10.1. The third-order valence-electron chi connectivity index (χ3n) is 3.24. The van der Waals surface area contributed by atoms with E-state index in [4.69, 9.17) is 5.26 Å². The molecule has 2 rings (SSSR count). The lowest BCUT2D eigenvalue weighted by molar-refractivity contribution is -0.385. The van der Waals surface area contributed by atoms with E-state index in [9.17, 15) is 10.1 Å². The van der Waals surface area contributed by atoms with E-state index in [2.05, 4.69) is 17.2 Å². The van der Waals surface area contributed by atoms with Gasteiger partial charge in [-0.05, 0) is 25.2 Å². The molecule has 0 radical (unpaired) electrons. The van der Waals surface area contributed by atoms with Crippen LogP contribution in [0.25, 0.3) is 0 Å². The summed E-state index contributed by atoms with van der Waals surface area (Å²) >= 11 is 0. The summed E-state index contributed by atoms with van der Waals surface area (Å²) in [5, 5.41) is 22.8. The Labute approximate surface area is 105 Å². The maximum Gasteiger partial charge on any atom is 0.289 e. The van der Waals surface area contributed by atoms with Gasteiger partial charge in [-0.25, -0.2) is 4.98 Å². The summed E-state index contributed by atoms with van der Waals surface area (Å²) in [6.07, 6.45) is 4.43. The standard InChI is InChI=1S/C12H14N4O2/c1-8-2-3-10(4-8)15-12-9(6-13)5-11(7-14-12)16(17)18/h5,7-8,10H,2-4H2,1H3,(H,14,15). The van der Waals surface area contributed by atoms with Gasteiger partial charge < -0.3 is 5.32 Å². The highest BCUT2D eigenvalue weighted by molar-refractivity contribution is 5.56. The average Bonchev–Trinajstić information content (AvgIpc) is 2.75. The number of hydrogen-bond donors (Lipinski definition) is 1. The zero-order valence-electron chi connectivity index (χ0n) is 10.1. The molecule has 2 atom stereocenters. The van der Waals surface area contributed by atoms with Gasteiger partial charge in [-0.2, -0.15) is 5.26 Å². The number of hydrogen-bond acceptors (Lipinski definition) is 5. The second-order valence-corrected chi connectivity index (χ2v) is 4.72. The van der Waals surface area contributed by atoms with Crippen molar-refractivity contribution in [2.45, 2.75) is 32.2 Å². The van der Waals surface area contributed by atoms with Crippen LogP contribution in [0.1, 0.15) is 31.7 Å². The van der Waals surface area contributed by atoms with Crippen molar-refractivity contribution >= 4 is 11.5 Å². The smallest absolute Gasteiger partial charge is 0.289 e. The minimum absolute atomic E-state index is 0.156. The molecule has 1 fully saturated rings. The molecule has 1 saturated carbocycles. The van der Waals surface area contributed by atoms with Crippen LogP contribution in [0.5, 0.6) is 0 Å². The predicted molar refractivity (Wildman–Crippen MR) is 66.0 cm³/mol. The van der Waals surface area contributed by atoms with E-state index in [1.165, 1.54) is 12.3 Å². The first-order chi connectivity index (χ1) is 8.60. The van der Waals surface area contributed by atoms with Crippen molar-refractivity contribution in [1.29, 1.82) is 5.26 Å². The number of rotatable bonds is 3. The van der Waals surface area contributed by atoms with Crippen molar-refractivity contribution in [3.8, 4) is 6.07 Å². The highest BCUT2D eigenvalue weighted by atomic mass is 16.6. The molecule has 0 spiro atoms. The third-order valence-corrected chi connectivity index (χ3v) is 3.24. The maximum atomic E-state index is 10.6. The topological polar surface area (TPSA) is 91.8 Å². The summed E-state index contributed by atoms with van der Waals surface area (Å²) < 4.78 is 0. The summed E-state index contributed by atoms with van der Waals surface area (Å²) in [5.41, 5.74) is 0.0700. The van der Waals surface area contributed by atoms with Gasteiger partial charge in [0.1, 0.15) is 23.6 Å². The molecule has 6 nitrogen and oxygen atoms in total. The molecule has 1 aliphatic carbocycles. The van der Waals surface area contributed by atoms with Crippen molar-refractivity contribution in [3.05, 3.63) is 27.9 Å². The lowest BCUT2D eigenvalue weighted by Gasteiger charge is -2.13. The molecule has 1 aromatic heterocycles. The fraction of sp³-hybridized carbons (Fsp3) is 0.500. The number of nitrogens with one attached hydrogen (secondary N) is 1. The van der Waals surface area contributed by atoms with Crippen LogP contribution in [-0.4, -0.2) is 15.9 Å². The first-order valence-electron chi connectivity index (χ1n) is 5.91. The molecular weight excluding hydrogens is 232 g/mol. The number of nitro groups is 1. The Balaban J connectivity index is 2.18. The summed E-state index contributed by atoms with van der Waals surface area (Å²) in [4.78, 5) is 14.0. The van der Waals surface area contributed by atoms with Crippen LogP contribution in [0.15, 0.2) is 12.3 Å². The van der Waals surface area contributed by atoms with E-state index in [0.717, 1.165) is 19.3 Å². The van der Waals surface area contributed by atoms with Crippen LogP contribution in [0.2, 0.25) is 0 Å². The van der Waals surface area contributed by atoms with Gasteiger partial charge in [0.05, 0.1) is 4.92 Å². The molecule has 6 heteroatoms. The molecule has 0 aromatic carbocycles. The Morgan fingerprint density at radius 2 is 2.39 bits per heavy atom. The Morgan fingerprint density at radius 1 is 1.61 bits per heavy atom. The molecule has 1 aliphatic rings. The molecule has 1 heterocycles. The molecule has 94 valence electrons. The van der Waals surface area contributed by atoms with Crippen LogP contribution in [-0.2, 0) is 0 Å². The van der Waals surface area contributed by atoms with Gasteiger partial charge in [0.15, 0.2) is 0 Å². The van der Waals surface area contributed by atoms with E-state index in [1.54, 1.807) is 0 Å². The molecule has 18 heavy (non-hydrogen) atoms. The Kier molecular flexibility index (Phi) is 3.42. The summed E-state index contributed by atoms with van der Waals surface area (Å²) in [5.74, 6) is 1.12. The molecule has 0 saturated heterocycles. The quantitative estimate of drug-likeness (QED) is 0.653. The maximum absolute atomic E-state index is 10.6. The minimum atomic E-state index is -0.546. The van der Waals surface area contributed by atoms with E-state index >= 15 is 0 Å². The molecule has 0 amide bonds. The van der Waals surface area contributed by atoms with Gasteiger partial charge in [-0.15, -0.1) is 0 Å². The number of pyridine rings is 1. The molecule has 1 aromatic rings. The molecular formula is C12H14N4O2. The van der Waals surface area contributed by atoms with E-state index in [-0.39, 0.29) is 11.3 Å². The van der Waals surface area contributed by atoms with Crippen LogP contribution in [0.3, 0.4) is 0 Å². The predicted octanol–water partition coefficient (Wildman–Crippen LogP) is 2.46. The first kappa shape index (κ1) is 12.3. The average molecular weight is 246 g/mol. The fourth-order valence-electron chi connectivity index (χ4n) is 2.29. The Morgan fingerprint density at radius 3 is 2.94 bits per heavy atom. The highest BCUT2D eigenvalue weighted by Gasteiger charge is 2.22. The molecule has 2 unspecified atom stereocenters. The SMILES string of the molecule is CC1CCC(Nc2ncc([N+](=O)[O-])cc2C#N)C1. The number of anilines is 1. The number of nitrogens with zero attached hydrogens (tertiary/aromatic N) is 3. The Hall–Kier alpha value is -2.16. The Bertz CT molecular complexity index is 509. The summed E-state index contributed by atoms with van der Waals surface area (Å²) in [6, 6.07) is 3.51. The second-order valence-electron chi connectivity index (χ2n) is 4.72. The molecule has 0 aliphatic heterocycles. The largest absolute Gasteiger partial charge is 0.366 e. The summed E-state index contributed by atoms with van der Waals surface area (Å²) in [7, 11) is 0. The normalized spacial score (nSPS) is 22.4. The second kappa shape index (κ2) is 5.00. The number of aromatic nitrogens is 1. The van der Waals surface area contributed by atoms with Crippen LogP contribution in [0, 0.1) is 27.4 Å². The monoisotopic (exact) mass is 246 g/mol. The minimum Gasteiger partial charge on any atom is -0.366 e.